The van der Waals surface area contributed by atoms with Gasteiger partial charge in [0, 0.05) is 0 Å². The highest BCUT2D eigenvalue weighted by Gasteiger charge is 2.23. The summed E-state index contributed by atoms with van der Waals surface area (Å²) in [4.78, 5) is 32.8. The number of ether oxygens (including phenoxy) is 1. The predicted octanol–water partition coefficient (Wildman–Crippen LogP) is 0.411. The zero-order chi connectivity index (χ0) is 15.6. The monoisotopic (exact) mass is 373 g/mol. The lowest BCUT2D eigenvalue weighted by molar-refractivity contribution is -0.307. The van der Waals surface area contributed by atoms with Crippen LogP contribution in [0.15, 0.2) is 22.3 Å². The molecule has 21 heavy (non-hydrogen) atoms. The zero-order valence-electron chi connectivity index (χ0n) is 10.2. The van der Waals surface area contributed by atoms with E-state index in [2.05, 4.69) is 26.6 Å². The summed E-state index contributed by atoms with van der Waals surface area (Å²) in [5.41, 5.74) is 0.589. The fourth-order valence-electron chi connectivity index (χ4n) is 1.58. The fraction of sp³-hybridized carbons (Fsp3) is 0.0833. The van der Waals surface area contributed by atoms with Crippen molar-refractivity contribution >= 4 is 51.5 Å². The summed E-state index contributed by atoms with van der Waals surface area (Å²) in [6.45, 7) is -0.642. The molecule has 9 heteroatoms. The molecule has 110 valence electrons. The van der Waals surface area contributed by atoms with E-state index in [1.807, 2.05) is 0 Å². The standard InChI is InChI=1S/C12H8BrClN2O5/c13-6-1-5(3-8-11(19)16-12(20)15-8)2-7(14)10(6)21-4-9(17)18/h1-3H,4H2,(H,17,18)(H2,15,16,19,20)/p-1/b8-3-. The molecule has 1 fully saturated rings. The van der Waals surface area contributed by atoms with Crippen LogP contribution >= 0.6 is 27.5 Å². The molecule has 1 aliphatic heterocycles. The second-order valence-electron chi connectivity index (χ2n) is 3.94. The Morgan fingerprint density at radius 2 is 2.10 bits per heavy atom. The number of halogens is 2. The molecule has 1 heterocycles. The number of carbonyl (C=O) groups is 3. The Morgan fingerprint density at radius 3 is 2.62 bits per heavy atom. The molecule has 1 aromatic carbocycles. The lowest BCUT2D eigenvalue weighted by Crippen LogP contribution is -2.29. The van der Waals surface area contributed by atoms with Crippen molar-refractivity contribution in [1.82, 2.24) is 10.6 Å². The molecule has 2 N–H and O–H groups in total. The molecule has 0 radical (unpaired) electrons. The normalized spacial score (nSPS) is 15.8. The first kappa shape index (κ1) is 15.3. The second kappa shape index (κ2) is 6.15. The molecule has 7 nitrogen and oxygen atoms in total. The largest absolute Gasteiger partial charge is 0.546 e. The third kappa shape index (κ3) is 3.73. The minimum atomic E-state index is -1.38. The molecule has 1 aromatic rings. The first-order valence-corrected chi connectivity index (χ1v) is 6.69. The number of carboxylic acids is 1. The average molecular weight is 375 g/mol. The van der Waals surface area contributed by atoms with E-state index in [0.717, 1.165) is 0 Å². The highest BCUT2D eigenvalue weighted by molar-refractivity contribution is 9.10. The van der Waals surface area contributed by atoms with Gasteiger partial charge in [-0.1, -0.05) is 11.6 Å². The number of benzene rings is 1. The van der Waals surface area contributed by atoms with Gasteiger partial charge in [-0.25, -0.2) is 4.79 Å². The fourth-order valence-corrected chi connectivity index (χ4v) is 2.57. The molecule has 3 amide bonds. The van der Waals surface area contributed by atoms with Gasteiger partial charge in [-0.15, -0.1) is 0 Å². The van der Waals surface area contributed by atoms with Crippen LogP contribution in [0.1, 0.15) is 5.56 Å². The number of urea groups is 1. The van der Waals surface area contributed by atoms with Crippen LogP contribution in [-0.2, 0) is 9.59 Å². The van der Waals surface area contributed by atoms with Crippen molar-refractivity contribution in [3.05, 3.63) is 32.9 Å². The Morgan fingerprint density at radius 1 is 1.38 bits per heavy atom. The van der Waals surface area contributed by atoms with Gasteiger partial charge >= 0.3 is 6.03 Å². The van der Waals surface area contributed by atoms with Crippen LogP contribution in [-0.4, -0.2) is 24.5 Å². The first-order valence-electron chi connectivity index (χ1n) is 5.52. The van der Waals surface area contributed by atoms with Crippen molar-refractivity contribution in [2.75, 3.05) is 6.61 Å². The molecule has 0 saturated carbocycles. The summed E-state index contributed by atoms with van der Waals surface area (Å²) in [6.07, 6.45) is 1.42. The van der Waals surface area contributed by atoms with Gasteiger partial charge in [0.1, 0.15) is 12.3 Å². The van der Waals surface area contributed by atoms with Crippen LogP contribution in [0.5, 0.6) is 5.75 Å². The summed E-state index contributed by atoms with van der Waals surface area (Å²) in [6, 6.07) is 2.41. The number of hydrogen-bond donors (Lipinski definition) is 2. The number of imide groups is 1. The van der Waals surface area contributed by atoms with Crippen molar-refractivity contribution in [3.63, 3.8) is 0 Å². The van der Waals surface area contributed by atoms with Gasteiger partial charge in [0.05, 0.1) is 15.5 Å². The Bertz CT molecular complexity index is 651. The molecule has 0 atom stereocenters. The predicted molar refractivity (Wildman–Crippen MR) is 74.3 cm³/mol. The van der Waals surface area contributed by atoms with E-state index < -0.39 is 24.5 Å². The third-order valence-electron chi connectivity index (χ3n) is 2.39. The van der Waals surface area contributed by atoms with Gasteiger partial charge in [-0.2, -0.15) is 0 Å². The Kier molecular flexibility index (Phi) is 4.49. The number of nitrogens with one attached hydrogen (secondary N) is 2. The van der Waals surface area contributed by atoms with E-state index in [-0.39, 0.29) is 16.5 Å². The van der Waals surface area contributed by atoms with Crippen LogP contribution in [0.2, 0.25) is 5.02 Å². The van der Waals surface area contributed by atoms with E-state index in [1.54, 1.807) is 6.07 Å². The maximum Gasteiger partial charge on any atom is 0.326 e. The van der Waals surface area contributed by atoms with Crippen molar-refractivity contribution < 1.29 is 24.2 Å². The van der Waals surface area contributed by atoms with Crippen LogP contribution in [0, 0.1) is 0 Å². The van der Waals surface area contributed by atoms with Crippen molar-refractivity contribution in [2.24, 2.45) is 0 Å². The number of hydrogen-bond acceptors (Lipinski definition) is 5. The van der Waals surface area contributed by atoms with Gasteiger partial charge in [0.15, 0.2) is 5.75 Å². The van der Waals surface area contributed by atoms with E-state index in [0.29, 0.717) is 10.0 Å². The number of amides is 3. The van der Waals surface area contributed by atoms with Gasteiger partial charge in [-0.3, -0.25) is 10.1 Å². The molecule has 0 unspecified atom stereocenters. The maximum absolute atomic E-state index is 11.4. The van der Waals surface area contributed by atoms with Gasteiger partial charge < -0.3 is 20.0 Å². The molecule has 1 aliphatic rings. The molecule has 0 bridgehead atoms. The average Bonchev–Trinajstić information content (AvgIpc) is 2.66. The number of aliphatic carboxylic acids is 1. The van der Waals surface area contributed by atoms with Gasteiger partial charge in [0.2, 0.25) is 0 Å². The molecular formula is C12H7BrClN2O5-. The second-order valence-corrected chi connectivity index (χ2v) is 5.20. The minimum absolute atomic E-state index is 0.0753. The molecule has 1 saturated heterocycles. The van der Waals surface area contributed by atoms with Crippen LogP contribution in [0.4, 0.5) is 4.79 Å². The summed E-state index contributed by atoms with van der Waals surface area (Å²) in [5, 5.41) is 14.9. The molecular weight excluding hydrogens is 367 g/mol. The van der Waals surface area contributed by atoms with Crippen LogP contribution < -0.4 is 20.5 Å². The van der Waals surface area contributed by atoms with Gasteiger partial charge in [0.25, 0.3) is 5.91 Å². The number of rotatable bonds is 4. The van der Waals surface area contributed by atoms with E-state index in [4.69, 9.17) is 16.3 Å². The topological polar surface area (TPSA) is 108 Å². The first-order chi connectivity index (χ1) is 9.86. The summed E-state index contributed by atoms with van der Waals surface area (Å²) < 4.78 is 5.38. The quantitative estimate of drug-likeness (QED) is 0.586. The maximum atomic E-state index is 11.4. The number of carboxylic acid groups (broad SMARTS) is 1. The van der Waals surface area contributed by atoms with E-state index in [9.17, 15) is 19.5 Å². The van der Waals surface area contributed by atoms with E-state index >= 15 is 0 Å². The molecule has 0 aliphatic carbocycles. The lowest BCUT2D eigenvalue weighted by Gasteiger charge is -2.11. The number of carbonyl (C=O) groups excluding carboxylic acids is 3. The van der Waals surface area contributed by atoms with Crippen LogP contribution in [0.3, 0.4) is 0 Å². The van der Waals surface area contributed by atoms with Crippen molar-refractivity contribution in [3.8, 4) is 5.75 Å². The SMILES string of the molecule is O=C([O-])COc1c(Cl)cc(/C=C2\NC(=O)NC2=O)cc1Br. The van der Waals surface area contributed by atoms with E-state index in [1.165, 1.54) is 12.1 Å². The summed E-state index contributed by atoms with van der Waals surface area (Å²) in [7, 11) is 0. The van der Waals surface area contributed by atoms with Crippen molar-refractivity contribution in [2.45, 2.75) is 0 Å². The molecule has 2 rings (SSSR count). The zero-order valence-corrected chi connectivity index (χ0v) is 12.6. The van der Waals surface area contributed by atoms with Gasteiger partial charge in [-0.05, 0) is 39.7 Å². The highest BCUT2D eigenvalue weighted by atomic mass is 79.9. The third-order valence-corrected chi connectivity index (χ3v) is 3.26. The summed E-state index contributed by atoms with van der Waals surface area (Å²) in [5.74, 6) is -1.79. The van der Waals surface area contributed by atoms with Crippen LogP contribution in [0.25, 0.3) is 6.08 Å². The molecule has 0 aromatic heterocycles. The smallest absolute Gasteiger partial charge is 0.326 e. The Balaban J connectivity index is 2.27. The lowest BCUT2D eigenvalue weighted by atomic mass is 10.2. The Hall–Kier alpha value is -2.06. The minimum Gasteiger partial charge on any atom is -0.546 e. The molecule has 0 spiro atoms. The van der Waals surface area contributed by atoms with Crippen molar-refractivity contribution in [1.29, 1.82) is 0 Å². The summed E-state index contributed by atoms with van der Waals surface area (Å²) >= 11 is 9.17. The highest BCUT2D eigenvalue weighted by Crippen LogP contribution is 2.35. The Labute approximate surface area is 132 Å².